The van der Waals surface area contributed by atoms with Gasteiger partial charge in [-0.1, -0.05) is 36.9 Å². The van der Waals surface area contributed by atoms with Gasteiger partial charge in [0.05, 0.1) is 12.7 Å². The first-order valence-electron chi connectivity index (χ1n) is 5.42. The highest BCUT2D eigenvalue weighted by molar-refractivity contribution is 5.47. The Balaban J connectivity index is 1.94. The summed E-state index contributed by atoms with van der Waals surface area (Å²) in [5, 5.41) is 3.34. The SMILES string of the molecule is C=Cc1ccc(CC2CNCCO2)cc1. The van der Waals surface area contributed by atoms with Crippen molar-refractivity contribution in [1.82, 2.24) is 5.32 Å². The number of benzene rings is 1. The number of hydrogen-bond acceptors (Lipinski definition) is 2. The van der Waals surface area contributed by atoms with E-state index in [0.717, 1.165) is 26.1 Å². The molecule has 0 amide bonds. The molecule has 1 aliphatic rings. The van der Waals surface area contributed by atoms with Crippen molar-refractivity contribution in [3.63, 3.8) is 0 Å². The van der Waals surface area contributed by atoms with Gasteiger partial charge >= 0.3 is 0 Å². The molecule has 2 rings (SSSR count). The summed E-state index contributed by atoms with van der Waals surface area (Å²) in [5.41, 5.74) is 2.50. The van der Waals surface area contributed by atoms with Gasteiger partial charge < -0.3 is 10.1 Å². The Labute approximate surface area is 91.0 Å². The molecule has 80 valence electrons. The Morgan fingerprint density at radius 3 is 2.80 bits per heavy atom. The van der Waals surface area contributed by atoms with E-state index in [9.17, 15) is 0 Å². The molecule has 0 radical (unpaired) electrons. The highest BCUT2D eigenvalue weighted by Gasteiger charge is 2.13. The van der Waals surface area contributed by atoms with Crippen molar-refractivity contribution in [2.75, 3.05) is 19.7 Å². The fourth-order valence-electron chi connectivity index (χ4n) is 1.80. The van der Waals surface area contributed by atoms with Crippen molar-refractivity contribution in [3.05, 3.63) is 42.0 Å². The van der Waals surface area contributed by atoms with Crippen LogP contribution in [0.2, 0.25) is 0 Å². The van der Waals surface area contributed by atoms with E-state index in [4.69, 9.17) is 4.74 Å². The van der Waals surface area contributed by atoms with Crippen LogP contribution in [0.3, 0.4) is 0 Å². The first kappa shape index (κ1) is 10.4. The molecule has 0 spiro atoms. The van der Waals surface area contributed by atoms with Crippen molar-refractivity contribution in [2.45, 2.75) is 12.5 Å². The second-order valence-corrected chi connectivity index (χ2v) is 3.85. The predicted molar refractivity (Wildman–Crippen MR) is 62.8 cm³/mol. The van der Waals surface area contributed by atoms with Crippen LogP contribution in [0.25, 0.3) is 6.08 Å². The Morgan fingerprint density at radius 1 is 1.40 bits per heavy atom. The van der Waals surface area contributed by atoms with Crippen molar-refractivity contribution in [2.24, 2.45) is 0 Å². The number of morpholine rings is 1. The van der Waals surface area contributed by atoms with Gasteiger partial charge in [0.25, 0.3) is 0 Å². The lowest BCUT2D eigenvalue weighted by atomic mass is 10.1. The summed E-state index contributed by atoms with van der Waals surface area (Å²) in [7, 11) is 0. The van der Waals surface area contributed by atoms with Gasteiger partial charge in [-0.15, -0.1) is 0 Å². The molecule has 1 N–H and O–H groups in total. The average molecular weight is 203 g/mol. The predicted octanol–water partition coefficient (Wildman–Crippen LogP) is 1.86. The first-order chi connectivity index (χ1) is 7.38. The fourth-order valence-corrected chi connectivity index (χ4v) is 1.80. The average Bonchev–Trinajstić information content (AvgIpc) is 2.31. The lowest BCUT2D eigenvalue weighted by Crippen LogP contribution is -2.39. The van der Waals surface area contributed by atoms with Gasteiger partial charge in [0.1, 0.15) is 0 Å². The van der Waals surface area contributed by atoms with Crippen LogP contribution in [0, 0.1) is 0 Å². The Hall–Kier alpha value is -1.12. The molecule has 0 saturated carbocycles. The van der Waals surface area contributed by atoms with Crippen molar-refractivity contribution in [3.8, 4) is 0 Å². The van der Waals surface area contributed by atoms with Gasteiger partial charge in [-0.05, 0) is 17.5 Å². The van der Waals surface area contributed by atoms with Crippen molar-refractivity contribution < 1.29 is 4.74 Å². The van der Waals surface area contributed by atoms with Crippen LogP contribution in [0.15, 0.2) is 30.8 Å². The quantitative estimate of drug-likeness (QED) is 0.809. The monoisotopic (exact) mass is 203 g/mol. The van der Waals surface area contributed by atoms with E-state index in [-0.39, 0.29) is 0 Å². The molecule has 1 aromatic rings. The Kier molecular flexibility index (Phi) is 3.54. The lowest BCUT2D eigenvalue weighted by molar-refractivity contribution is 0.0292. The molecule has 1 unspecified atom stereocenters. The molecule has 2 heteroatoms. The molecular formula is C13H17NO. The standard InChI is InChI=1S/C13H17NO/c1-2-11-3-5-12(6-4-11)9-13-10-14-7-8-15-13/h2-6,13-14H,1,7-10H2. The number of nitrogens with one attached hydrogen (secondary N) is 1. The molecule has 1 heterocycles. The second kappa shape index (κ2) is 5.10. The zero-order valence-electron chi connectivity index (χ0n) is 8.91. The van der Waals surface area contributed by atoms with E-state index in [2.05, 4.69) is 36.2 Å². The topological polar surface area (TPSA) is 21.3 Å². The summed E-state index contributed by atoms with van der Waals surface area (Å²) < 4.78 is 5.66. The van der Waals surface area contributed by atoms with Crippen LogP contribution in [0.5, 0.6) is 0 Å². The van der Waals surface area contributed by atoms with Gasteiger partial charge in [0.15, 0.2) is 0 Å². The van der Waals surface area contributed by atoms with Gasteiger partial charge in [-0.25, -0.2) is 0 Å². The normalized spacial score (nSPS) is 21.2. The van der Waals surface area contributed by atoms with Crippen LogP contribution >= 0.6 is 0 Å². The minimum absolute atomic E-state index is 0.327. The Bertz CT molecular complexity index is 312. The van der Waals surface area contributed by atoms with Crippen LogP contribution in [-0.4, -0.2) is 25.8 Å². The number of rotatable bonds is 3. The van der Waals surface area contributed by atoms with Crippen LogP contribution < -0.4 is 5.32 Å². The van der Waals surface area contributed by atoms with E-state index in [1.54, 1.807) is 0 Å². The molecule has 0 aromatic heterocycles. The fraction of sp³-hybridized carbons (Fsp3) is 0.385. The third-order valence-corrected chi connectivity index (χ3v) is 2.68. The van der Waals surface area contributed by atoms with Gasteiger partial charge in [-0.2, -0.15) is 0 Å². The Morgan fingerprint density at radius 2 is 2.20 bits per heavy atom. The van der Waals surface area contributed by atoms with E-state index >= 15 is 0 Å². The molecule has 1 fully saturated rings. The minimum Gasteiger partial charge on any atom is -0.375 e. The second-order valence-electron chi connectivity index (χ2n) is 3.85. The summed E-state index contributed by atoms with van der Waals surface area (Å²) in [4.78, 5) is 0. The summed E-state index contributed by atoms with van der Waals surface area (Å²) in [6.45, 7) is 6.51. The van der Waals surface area contributed by atoms with Gasteiger partial charge in [-0.3, -0.25) is 0 Å². The molecule has 1 aromatic carbocycles. The molecular weight excluding hydrogens is 186 g/mol. The summed E-state index contributed by atoms with van der Waals surface area (Å²) in [6, 6.07) is 8.49. The van der Waals surface area contributed by atoms with Crippen LogP contribution in [0.4, 0.5) is 0 Å². The molecule has 2 nitrogen and oxygen atoms in total. The summed E-state index contributed by atoms with van der Waals surface area (Å²) in [5.74, 6) is 0. The largest absolute Gasteiger partial charge is 0.375 e. The third kappa shape index (κ3) is 2.91. The zero-order chi connectivity index (χ0) is 10.5. The zero-order valence-corrected chi connectivity index (χ0v) is 8.91. The van der Waals surface area contributed by atoms with Crippen LogP contribution in [0.1, 0.15) is 11.1 Å². The number of ether oxygens (including phenoxy) is 1. The van der Waals surface area contributed by atoms with E-state index in [0.29, 0.717) is 6.10 Å². The molecule has 1 aliphatic heterocycles. The van der Waals surface area contributed by atoms with Gasteiger partial charge in [0.2, 0.25) is 0 Å². The van der Waals surface area contributed by atoms with Crippen LogP contribution in [-0.2, 0) is 11.2 Å². The third-order valence-electron chi connectivity index (χ3n) is 2.68. The van der Waals surface area contributed by atoms with Gasteiger partial charge in [0, 0.05) is 13.1 Å². The maximum absolute atomic E-state index is 5.66. The van der Waals surface area contributed by atoms with Crippen molar-refractivity contribution >= 4 is 6.08 Å². The highest BCUT2D eigenvalue weighted by Crippen LogP contribution is 2.10. The van der Waals surface area contributed by atoms with E-state index in [1.807, 2.05) is 6.08 Å². The maximum atomic E-state index is 5.66. The minimum atomic E-state index is 0.327. The summed E-state index contributed by atoms with van der Waals surface area (Å²) >= 11 is 0. The highest BCUT2D eigenvalue weighted by atomic mass is 16.5. The van der Waals surface area contributed by atoms with E-state index in [1.165, 1.54) is 11.1 Å². The van der Waals surface area contributed by atoms with Crippen molar-refractivity contribution in [1.29, 1.82) is 0 Å². The lowest BCUT2D eigenvalue weighted by Gasteiger charge is -2.23. The molecule has 0 bridgehead atoms. The molecule has 0 aliphatic carbocycles. The molecule has 15 heavy (non-hydrogen) atoms. The maximum Gasteiger partial charge on any atom is 0.0740 e. The summed E-state index contributed by atoms with van der Waals surface area (Å²) in [6.07, 6.45) is 3.18. The first-order valence-corrected chi connectivity index (χ1v) is 5.42. The molecule has 1 saturated heterocycles. The van der Waals surface area contributed by atoms with E-state index < -0.39 is 0 Å². The smallest absolute Gasteiger partial charge is 0.0740 e. The molecule has 1 atom stereocenters. The number of hydrogen-bond donors (Lipinski definition) is 1.